The van der Waals surface area contributed by atoms with E-state index in [-0.39, 0.29) is 5.69 Å². The molecule has 0 amide bonds. The number of hydrogen-bond acceptors (Lipinski definition) is 5. The Bertz CT molecular complexity index is 566. The molecule has 0 saturated carbocycles. The molecule has 0 aliphatic rings. The zero-order valence-electron chi connectivity index (χ0n) is 12.7. The number of rotatable bonds is 7. The van der Waals surface area contributed by atoms with Crippen LogP contribution < -0.4 is 10.5 Å². The Labute approximate surface area is 124 Å². The van der Waals surface area contributed by atoms with Crippen molar-refractivity contribution in [1.29, 1.82) is 5.26 Å². The fourth-order valence-electron chi connectivity index (χ4n) is 2.01. The van der Waals surface area contributed by atoms with Crippen molar-refractivity contribution < 1.29 is 9.66 Å². The van der Waals surface area contributed by atoms with E-state index in [1.165, 1.54) is 6.07 Å². The molecular formula is C15H21N3O3. The molecule has 0 bridgehead atoms. The van der Waals surface area contributed by atoms with Crippen molar-refractivity contribution in [3.05, 3.63) is 33.4 Å². The van der Waals surface area contributed by atoms with Gasteiger partial charge >= 0.3 is 0 Å². The third-order valence-corrected chi connectivity index (χ3v) is 3.57. The monoisotopic (exact) mass is 291 g/mol. The molecule has 0 heterocycles. The highest BCUT2D eigenvalue weighted by Gasteiger charge is 2.21. The Morgan fingerprint density at radius 1 is 1.43 bits per heavy atom. The molecule has 1 unspecified atom stereocenters. The third-order valence-electron chi connectivity index (χ3n) is 3.57. The van der Waals surface area contributed by atoms with Crippen molar-refractivity contribution in [1.82, 2.24) is 0 Å². The normalized spacial score (nSPS) is 13.3. The maximum absolute atomic E-state index is 10.8. The van der Waals surface area contributed by atoms with E-state index in [2.05, 4.69) is 6.07 Å². The first-order chi connectivity index (χ1) is 9.83. The van der Waals surface area contributed by atoms with Crippen LogP contribution in [0.25, 0.3) is 0 Å². The number of nitro groups is 1. The molecule has 21 heavy (non-hydrogen) atoms. The van der Waals surface area contributed by atoms with Crippen LogP contribution >= 0.6 is 0 Å². The largest absolute Gasteiger partial charge is 0.493 e. The predicted octanol–water partition coefficient (Wildman–Crippen LogP) is 3.00. The molecule has 1 aromatic carbocycles. The van der Waals surface area contributed by atoms with E-state index in [0.717, 1.165) is 5.56 Å². The molecule has 0 aliphatic carbocycles. The molecule has 0 aromatic heterocycles. The Kier molecular flexibility index (Phi) is 5.68. The van der Waals surface area contributed by atoms with Crippen LogP contribution in [0.15, 0.2) is 12.1 Å². The number of nitriles is 1. The van der Waals surface area contributed by atoms with Gasteiger partial charge in [-0.05, 0) is 44.7 Å². The zero-order chi connectivity index (χ0) is 16.0. The molecule has 1 aromatic rings. The summed E-state index contributed by atoms with van der Waals surface area (Å²) in [5, 5.41) is 19.8. The Hall–Kier alpha value is -2.13. The van der Waals surface area contributed by atoms with Crippen LogP contribution in [0.1, 0.15) is 37.3 Å². The van der Waals surface area contributed by atoms with Gasteiger partial charge in [-0.1, -0.05) is 6.92 Å². The van der Waals surface area contributed by atoms with Crippen molar-refractivity contribution in [3.8, 4) is 11.8 Å². The highest BCUT2D eigenvalue weighted by Crippen LogP contribution is 2.28. The summed E-state index contributed by atoms with van der Waals surface area (Å²) < 4.78 is 5.65. The van der Waals surface area contributed by atoms with E-state index in [0.29, 0.717) is 37.2 Å². The molecule has 1 rings (SSSR count). The summed E-state index contributed by atoms with van der Waals surface area (Å²) in [6, 6.07) is 5.30. The number of aryl methyl sites for hydroxylation is 2. The molecule has 2 N–H and O–H groups in total. The first kappa shape index (κ1) is 16.9. The SMILES string of the molecule is CCC(N)(C#N)CCCOc1cc(C)c([N+](=O)[O-])cc1C. The first-order valence-corrected chi connectivity index (χ1v) is 6.91. The van der Waals surface area contributed by atoms with Crippen LogP contribution in [-0.2, 0) is 0 Å². The van der Waals surface area contributed by atoms with Crippen LogP contribution in [0.5, 0.6) is 5.75 Å². The van der Waals surface area contributed by atoms with E-state index >= 15 is 0 Å². The highest BCUT2D eigenvalue weighted by molar-refractivity contribution is 5.49. The molecule has 6 heteroatoms. The number of hydrogen-bond donors (Lipinski definition) is 1. The van der Waals surface area contributed by atoms with Gasteiger partial charge < -0.3 is 10.5 Å². The van der Waals surface area contributed by atoms with Gasteiger partial charge in [-0.25, -0.2) is 0 Å². The number of benzene rings is 1. The van der Waals surface area contributed by atoms with Crippen LogP contribution in [0.3, 0.4) is 0 Å². The molecule has 0 radical (unpaired) electrons. The van der Waals surface area contributed by atoms with Gasteiger partial charge in [-0.15, -0.1) is 0 Å². The molecule has 6 nitrogen and oxygen atoms in total. The molecule has 0 saturated heterocycles. The molecule has 0 fully saturated rings. The van der Waals surface area contributed by atoms with Crippen molar-refractivity contribution in [2.24, 2.45) is 5.73 Å². The molecule has 114 valence electrons. The van der Waals surface area contributed by atoms with E-state index < -0.39 is 10.5 Å². The van der Waals surface area contributed by atoms with Gasteiger partial charge in [-0.3, -0.25) is 10.1 Å². The number of nitrogens with zero attached hydrogens (tertiary/aromatic N) is 2. The topological polar surface area (TPSA) is 102 Å². The van der Waals surface area contributed by atoms with Crippen LogP contribution in [0, 0.1) is 35.3 Å². The lowest BCUT2D eigenvalue weighted by atomic mass is 9.94. The summed E-state index contributed by atoms with van der Waals surface area (Å²) in [5.74, 6) is 0.633. The number of ether oxygens (including phenoxy) is 1. The van der Waals surface area contributed by atoms with E-state index in [4.69, 9.17) is 15.7 Å². The minimum atomic E-state index is -0.802. The summed E-state index contributed by atoms with van der Waals surface area (Å²) in [6.07, 6.45) is 1.82. The smallest absolute Gasteiger partial charge is 0.272 e. The van der Waals surface area contributed by atoms with Gasteiger partial charge in [0, 0.05) is 11.6 Å². The number of nitro benzene ring substituents is 1. The van der Waals surface area contributed by atoms with Crippen LogP contribution in [-0.4, -0.2) is 17.1 Å². The molecular weight excluding hydrogens is 270 g/mol. The first-order valence-electron chi connectivity index (χ1n) is 6.91. The fraction of sp³-hybridized carbons (Fsp3) is 0.533. The van der Waals surface area contributed by atoms with Gasteiger partial charge in [0.25, 0.3) is 5.69 Å². The molecule has 0 aliphatic heterocycles. The van der Waals surface area contributed by atoms with Gasteiger partial charge in [0.05, 0.1) is 17.6 Å². The summed E-state index contributed by atoms with van der Waals surface area (Å²) in [4.78, 5) is 10.4. The van der Waals surface area contributed by atoms with Crippen LogP contribution in [0.2, 0.25) is 0 Å². The minimum Gasteiger partial charge on any atom is -0.493 e. The standard InChI is InChI=1S/C15H21N3O3/c1-4-15(17,10-16)6-5-7-21-14-9-11(2)13(18(19)20)8-12(14)3/h8-9H,4-7,17H2,1-3H3. The summed E-state index contributed by atoms with van der Waals surface area (Å²) in [6.45, 7) is 5.77. The van der Waals surface area contributed by atoms with Gasteiger partial charge in [0.15, 0.2) is 0 Å². The minimum absolute atomic E-state index is 0.0938. The van der Waals surface area contributed by atoms with Gasteiger partial charge in [0.2, 0.25) is 0 Å². The summed E-state index contributed by atoms with van der Waals surface area (Å²) in [5.41, 5.74) is 6.48. The predicted molar refractivity (Wildman–Crippen MR) is 80.1 cm³/mol. The number of nitrogens with two attached hydrogens (primary N) is 1. The summed E-state index contributed by atoms with van der Waals surface area (Å²) >= 11 is 0. The highest BCUT2D eigenvalue weighted by atomic mass is 16.6. The van der Waals surface area contributed by atoms with E-state index in [1.54, 1.807) is 19.9 Å². The fourth-order valence-corrected chi connectivity index (χ4v) is 2.01. The third kappa shape index (κ3) is 4.43. The maximum Gasteiger partial charge on any atom is 0.272 e. The second-order valence-corrected chi connectivity index (χ2v) is 5.23. The van der Waals surface area contributed by atoms with Crippen molar-refractivity contribution in [2.75, 3.05) is 6.61 Å². The van der Waals surface area contributed by atoms with Crippen LogP contribution in [0.4, 0.5) is 5.69 Å². The Morgan fingerprint density at radius 2 is 2.10 bits per heavy atom. The maximum atomic E-state index is 10.8. The molecule has 0 spiro atoms. The van der Waals surface area contributed by atoms with Crippen molar-refractivity contribution in [3.63, 3.8) is 0 Å². The molecule has 1 atom stereocenters. The second kappa shape index (κ2) is 7.04. The van der Waals surface area contributed by atoms with Gasteiger partial charge in [0.1, 0.15) is 11.3 Å². The van der Waals surface area contributed by atoms with E-state index in [1.807, 2.05) is 6.92 Å². The second-order valence-electron chi connectivity index (χ2n) is 5.23. The Morgan fingerprint density at radius 3 is 2.62 bits per heavy atom. The lowest BCUT2D eigenvalue weighted by Crippen LogP contribution is -2.37. The average molecular weight is 291 g/mol. The lowest BCUT2D eigenvalue weighted by molar-refractivity contribution is -0.385. The van der Waals surface area contributed by atoms with Gasteiger partial charge in [-0.2, -0.15) is 5.26 Å². The van der Waals surface area contributed by atoms with E-state index in [9.17, 15) is 10.1 Å². The zero-order valence-corrected chi connectivity index (χ0v) is 12.7. The van der Waals surface area contributed by atoms with Crippen molar-refractivity contribution >= 4 is 5.69 Å². The average Bonchev–Trinajstić information content (AvgIpc) is 2.46. The van der Waals surface area contributed by atoms with Crippen molar-refractivity contribution in [2.45, 2.75) is 45.6 Å². The lowest BCUT2D eigenvalue weighted by Gasteiger charge is -2.19. The quantitative estimate of drug-likeness (QED) is 0.472. The Balaban J connectivity index is 2.63. The summed E-state index contributed by atoms with van der Waals surface area (Å²) in [7, 11) is 0.